The van der Waals surface area contributed by atoms with Gasteiger partial charge in [-0.25, -0.2) is 0 Å². The fraction of sp³-hybridized carbons (Fsp3) is 0.625. The molecule has 0 radical (unpaired) electrons. The molecule has 2 N–H and O–H groups in total. The minimum Gasteiger partial charge on any atom is -0.493 e. The van der Waals surface area contributed by atoms with Gasteiger partial charge in [0.2, 0.25) is 0 Å². The number of likely N-dealkylation sites (tertiary alicyclic amines) is 1. The van der Waals surface area contributed by atoms with Crippen LogP contribution in [-0.2, 0) is 5.54 Å². The molecule has 0 saturated carbocycles. The number of hydrogen-bond donors (Lipinski definition) is 1. The van der Waals surface area contributed by atoms with Crippen molar-refractivity contribution in [3.05, 3.63) is 23.8 Å². The molecule has 0 spiro atoms. The molecular weight excluding hydrogens is 252 g/mol. The third kappa shape index (κ3) is 2.76. The zero-order valence-corrected chi connectivity index (χ0v) is 13.0. The van der Waals surface area contributed by atoms with Gasteiger partial charge in [0.15, 0.2) is 11.5 Å². The van der Waals surface area contributed by atoms with Gasteiger partial charge in [-0.1, -0.05) is 6.07 Å². The maximum atomic E-state index is 6.64. The van der Waals surface area contributed by atoms with E-state index >= 15 is 0 Å². The molecule has 2 rings (SSSR count). The Labute approximate surface area is 121 Å². The molecular formula is C16H26N2O2. The molecule has 1 aromatic carbocycles. The summed E-state index contributed by atoms with van der Waals surface area (Å²) in [5, 5.41) is 0. The van der Waals surface area contributed by atoms with Crippen LogP contribution in [0.2, 0.25) is 0 Å². The predicted octanol–water partition coefficient (Wildman–Crippen LogP) is 2.36. The highest BCUT2D eigenvalue weighted by Crippen LogP contribution is 2.34. The zero-order chi connectivity index (χ0) is 14.8. The average molecular weight is 278 g/mol. The first kappa shape index (κ1) is 15.1. The Bertz CT molecular complexity index is 454. The summed E-state index contributed by atoms with van der Waals surface area (Å²) in [6.45, 7) is 6.59. The Balaban J connectivity index is 2.28. The topological polar surface area (TPSA) is 47.7 Å². The standard InChI is InChI=1S/C16H26N2O2/c1-12(18-9-5-6-10-18)16(2,17)13-7-8-14(19-3)15(11-13)20-4/h7-8,11-12H,5-6,9-10,17H2,1-4H3. The molecule has 112 valence electrons. The number of ether oxygens (including phenoxy) is 2. The van der Waals surface area contributed by atoms with Crippen molar-refractivity contribution in [1.82, 2.24) is 4.90 Å². The summed E-state index contributed by atoms with van der Waals surface area (Å²) in [6.07, 6.45) is 2.54. The van der Waals surface area contributed by atoms with Crippen LogP contribution in [0.5, 0.6) is 11.5 Å². The summed E-state index contributed by atoms with van der Waals surface area (Å²) >= 11 is 0. The number of hydrogen-bond acceptors (Lipinski definition) is 4. The molecule has 1 aliphatic rings. The smallest absolute Gasteiger partial charge is 0.161 e. The zero-order valence-electron chi connectivity index (χ0n) is 13.0. The van der Waals surface area contributed by atoms with E-state index in [4.69, 9.17) is 15.2 Å². The summed E-state index contributed by atoms with van der Waals surface area (Å²) in [5.41, 5.74) is 7.30. The quantitative estimate of drug-likeness (QED) is 0.898. The molecule has 0 bridgehead atoms. The molecule has 2 unspecified atom stereocenters. The van der Waals surface area contributed by atoms with Gasteiger partial charge in [0.25, 0.3) is 0 Å². The number of nitrogens with two attached hydrogens (primary N) is 1. The maximum absolute atomic E-state index is 6.64. The van der Waals surface area contributed by atoms with Crippen molar-refractivity contribution in [2.24, 2.45) is 5.73 Å². The van der Waals surface area contributed by atoms with Crippen molar-refractivity contribution in [2.45, 2.75) is 38.3 Å². The van der Waals surface area contributed by atoms with Gasteiger partial charge < -0.3 is 15.2 Å². The van der Waals surface area contributed by atoms with Crippen molar-refractivity contribution in [3.8, 4) is 11.5 Å². The molecule has 1 aromatic rings. The SMILES string of the molecule is COc1ccc(C(C)(N)C(C)N2CCCC2)cc1OC. The normalized spacial score (nSPS) is 20.4. The maximum Gasteiger partial charge on any atom is 0.161 e. The van der Waals surface area contributed by atoms with Gasteiger partial charge in [0.05, 0.1) is 19.8 Å². The van der Waals surface area contributed by atoms with Crippen LogP contribution in [-0.4, -0.2) is 38.3 Å². The number of methoxy groups -OCH3 is 2. The van der Waals surface area contributed by atoms with Crippen LogP contribution in [0.1, 0.15) is 32.3 Å². The lowest BCUT2D eigenvalue weighted by molar-refractivity contribution is 0.172. The highest BCUT2D eigenvalue weighted by atomic mass is 16.5. The van der Waals surface area contributed by atoms with E-state index < -0.39 is 5.54 Å². The van der Waals surface area contributed by atoms with Crippen LogP contribution in [0, 0.1) is 0 Å². The summed E-state index contributed by atoms with van der Waals surface area (Å²) < 4.78 is 10.7. The average Bonchev–Trinajstić information content (AvgIpc) is 2.99. The van der Waals surface area contributed by atoms with Crippen LogP contribution in [0.15, 0.2) is 18.2 Å². The number of nitrogens with zero attached hydrogens (tertiary/aromatic N) is 1. The van der Waals surface area contributed by atoms with Crippen molar-refractivity contribution in [3.63, 3.8) is 0 Å². The summed E-state index contributed by atoms with van der Waals surface area (Å²) in [7, 11) is 3.30. The lowest BCUT2D eigenvalue weighted by Gasteiger charge is -2.38. The van der Waals surface area contributed by atoms with Gasteiger partial charge >= 0.3 is 0 Å². The van der Waals surface area contributed by atoms with E-state index in [1.807, 2.05) is 18.2 Å². The fourth-order valence-corrected chi connectivity index (χ4v) is 2.92. The molecule has 1 saturated heterocycles. The molecule has 20 heavy (non-hydrogen) atoms. The third-order valence-corrected chi connectivity index (χ3v) is 4.56. The largest absolute Gasteiger partial charge is 0.493 e. The van der Waals surface area contributed by atoms with Crippen LogP contribution >= 0.6 is 0 Å². The van der Waals surface area contributed by atoms with Crippen molar-refractivity contribution >= 4 is 0 Å². The van der Waals surface area contributed by atoms with Gasteiger partial charge in [-0.15, -0.1) is 0 Å². The number of benzene rings is 1. The molecule has 1 aliphatic heterocycles. The first-order chi connectivity index (χ1) is 9.50. The van der Waals surface area contributed by atoms with Crippen molar-refractivity contribution < 1.29 is 9.47 Å². The highest BCUT2D eigenvalue weighted by Gasteiger charge is 2.34. The Morgan fingerprint density at radius 3 is 2.30 bits per heavy atom. The first-order valence-corrected chi connectivity index (χ1v) is 7.26. The molecule has 1 heterocycles. The molecule has 1 fully saturated rings. The second kappa shape index (κ2) is 6.02. The number of rotatable bonds is 5. The van der Waals surface area contributed by atoms with E-state index in [0.29, 0.717) is 6.04 Å². The Hall–Kier alpha value is -1.26. The van der Waals surface area contributed by atoms with Gasteiger partial charge in [0, 0.05) is 6.04 Å². The Morgan fingerprint density at radius 1 is 1.15 bits per heavy atom. The van der Waals surface area contributed by atoms with E-state index in [1.165, 1.54) is 12.8 Å². The van der Waals surface area contributed by atoms with E-state index in [9.17, 15) is 0 Å². The Morgan fingerprint density at radius 2 is 1.75 bits per heavy atom. The van der Waals surface area contributed by atoms with Crippen molar-refractivity contribution in [2.75, 3.05) is 27.3 Å². The van der Waals surface area contributed by atoms with Gasteiger partial charge in [-0.2, -0.15) is 0 Å². The predicted molar refractivity (Wildman–Crippen MR) is 81.4 cm³/mol. The van der Waals surface area contributed by atoms with Gasteiger partial charge in [-0.05, 0) is 57.5 Å². The second-order valence-corrected chi connectivity index (χ2v) is 5.77. The third-order valence-electron chi connectivity index (χ3n) is 4.56. The summed E-state index contributed by atoms with van der Waals surface area (Å²) in [4.78, 5) is 2.47. The van der Waals surface area contributed by atoms with Gasteiger partial charge in [-0.3, -0.25) is 4.90 Å². The molecule has 2 atom stereocenters. The van der Waals surface area contributed by atoms with Crippen LogP contribution in [0.3, 0.4) is 0 Å². The van der Waals surface area contributed by atoms with Crippen LogP contribution in [0.25, 0.3) is 0 Å². The molecule has 4 nitrogen and oxygen atoms in total. The molecule has 4 heteroatoms. The lowest BCUT2D eigenvalue weighted by atomic mass is 9.85. The minimum absolute atomic E-state index is 0.295. The molecule has 0 aromatic heterocycles. The van der Waals surface area contributed by atoms with Crippen LogP contribution in [0.4, 0.5) is 0 Å². The van der Waals surface area contributed by atoms with E-state index in [1.54, 1.807) is 14.2 Å². The highest BCUT2D eigenvalue weighted by molar-refractivity contribution is 5.45. The molecule has 0 aliphatic carbocycles. The lowest BCUT2D eigenvalue weighted by Crippen LogP contribution is -2.52. The van der Waals surface area contributed by atoms with E-state index in [2.05, 4.69) is 18.7 Å². The molecule has 0 amide bonds. The first-order valence-electron chi connectivity index (χ1n) is 7.26. The summed E-state index contributed by atoms with van der Waals surface area (Å²) in [6, 6.07) is 6.25. The van der Waals surface area contributed by atoms with E-state index in [-0.39, 0.29) is 0 Å². The monoisotopic (exact) mass is 278 g/mol. The minimum atomic E-state index is -0.413. The fourth-order valence-electron chi connectivity index (χ4n) is 2.92. The second-order valence-electron chi connectivity index (χ2n) is 5.77. The van der Waals surface area contributed by atoms with Crippen LogP contribution < -0.4 is 15.2 Å². The Kier molecular flexibility index (Phi) is 4.55. The van der Waals surface area contributed by atoms with Crippen molar-refractivity contribution in [1.29, 1.82) is 0 Å². The summed E-state index contributed by atoms with van der Waals surface area (Å²) in [5.74, 6) is 1.47. The van der Waals surface area contributed by atoms with Gasteiger partial charge in [0.1, 0.15) is 0 Å². The van der Waals surface area contributed by atoms with E-state index in [0.717, 1.165) is 30.2 Å².